The number of ketones is 1. The molecule has 0 aromatic carbocycles. The zero-order valence-corrected chi connectivity index (χ0v) is 6.11. The molecule has 0 aromatic heterocycles. The van der Waals surface area contributed by atoms with E-state index >= 15 is 0 Å². The second-order valence-corrected chi connectivity index (χ2v) is 2.57. The number of carbonyl (C=O) groups is 3. The first kappa shape index (κ1) is 8.66. The molecule has 0 aromatic rings. The van der Waals surface area contributed by atoms with Crippen LogP contribution in [0, 0.1) is 0 Å². The molecule has 0 aliphatic carbocycles. The lowest BCUT2D eigenvalue weighted by molar-refractivity contribution is -0.148. The Morgan fingerprint density at radius 3 is 2.58 bits per heavy atom. The number of Topliss-reactive ketones (excluding diaryl/α,β-unsaturated/α-hetero) is 1. The summed E-state index contributed by atoms with van der Waals surface area (Å²) in [7, 11) is 0. The Bertz CT molecular complexity index is 250. The first-order valence-electron chi connectivity index (χ1n) is 3.35. The summed E-state index contributed by atoms with van der Waals surface area (Å²) in [6.07, 6.45) is -0.0418. The van der Waals surface area contributed by atoms with Gasteiger partial charge in [0.05, 0.1) is 6.04 Å². The van der Waals surface area contributed by atoms with Gasteiger partial charge in [0.2, 0.25) is 5.78 Å². The minimum Gasteiger partial charge on any atom is -0.480 e. The van der Waals surface area contributed by atoms with Crippen molar-refractivity contribution in [3.05, 3.63) is 0 Å². The number of carbonyl (C=O) groups excluding carboxylic acids is 2. The number of hydrogen-bond donors (Lipinski definition) is 3. The number of nitrogens with one attached hydrogen (secondary N) is 1. The summed E-state index contributed by atoms with van der Waals surface area (Å²) in [5.74, 6) is -2.44. The van der Waals surface area contributed by atoms with E-state index in [2.05, 4.69) is 5.32 Å². The highest BCUT2D eigenvalue weighted by Gasteiger charge is 2.38. The minimum atomic E-state index is -1.18. The fourth-order valence-corrected chi connectivity index (χ4v) is 0.896. The highest BCUT2D eigenvalue weighted by atomic mass is 16.4. The normalized spacial score (nSPS) is 24.2. The van der Waals surface area contributed by atoms with Crippen LogP contribution >= 0.6 is 0 Å². The largest absolute Gasteiger partial charge is 0.480 e. The Labute approximate surface area is 67.7 Å². The SMILES string of the molecule is NC(CC1NC(=O)C1=O)C(=O)O. The third kappa shape index (κ3) is 1.42. The predicted octanol–water partition coefficient (Wildman–Crippen LogP) is -2.14. The van der Waals surface area contributed by atoms with Gasteiger partial charge in [0.25, 0.3) is 5.91 Å². The summed E-state index contributed by atoms with van der Waals surface area (Å²) in [5.41, 5.74) is 5.13. The van der Waals surface area contributed by atoms with E-state index in [1.54, 1.807) is 0 Å². The molecule has 4 N–H and O–H groups in total. The molecule has 66 valence electrons. The smallest absolute Gasteiger partial charge is 0.320 e. The third-order valence-electron chi connectivity index (χ3n) is 1.65. The van der Waals surface area contributed by atoms with E-state index in [1.165, 1.54) is 0 Å². The van der Waals surface area contributed by atoms with Crippen LogP contribution in [-0.4, -0.2) is 34.8 Å². The van der Waals surface area contributed by atoms with Gasteiger partial charge in [-0.2, -0.15) is 0 Å². The van der Waals surface area contributed by atoms with Gasteiger partial charge < -0.3 is 16.2 Å². The lowest BCUT2D eigenvalue weighted by atomic mass is 9.97. The minimum absolute atomic E-state index is 0.0418. The number of amides is 1. The maximum atomic E-state index is 10.7. The van der Waals surface area contributed by atoms with Gasteiger partial charge in [0, 0.05) is 6.42 Å². The van der Waals surface area contributed by atoms with Gasteiger partial charge in [-0.05, 0) is 0 Å². The molecule has 1 aliphatic heterocycles. The molecule has 2 atom stereocenters. The topological polar surface area (TPSA) is 109 Å². The zero-order valence-electron chi connectivity index (χ0n) is 6.11. The average Bonchev–Trinajstić information content (AvgIpc) is 2.03. The average molecular weight is 172 g/mol. The van der Waals surface area contributed by atoms with Crippen molar-refractivity contribution in [3.8, 4) is 0 Å². The van der Waals surface area contributed by atoms with Crippen LogP contribution in [0.25, 0.3) is 0 Å². The monoisotopic (exact) mass is 172 g/mol. The van der Waals surface area contributed by atoms with Crippen LogP contribution in [0.2, 0.25) is 0 Å². The number of carboxylic acids is 1. The second kappa shape index (κ2) is 2.90. The van der Waals surface area contributed by atoms with Gasteiger partial charge in [-0.25, -0.2) is 0 Å². The molecule has 0 bridgehead atoms. The fourth-order valence-electron chi connectivity index (χ4n) is 0.896. The van der Waals surface area contributed by atoms with Crippen molar-refractivity contribution < 1.29 is 19.5 Å². The van der Waals surface area contributed by atoms with Crippen LogP contribution in [0.1, 0.15) is 6.42 Å². The summed E-state index contributed by atoms with van der Waals surface area (Å²) in [6, 6.07) is -1.80. The lowest BCUT2D eigenvalue weighted by Crippen LogP contribution is -2.61. The van der Waals surface area contributed by atoms with E-state index in [0.29, 0.717) is 0 Å². The molecule has 1 aliphatic rings. The molecule has 0 radical (unpaired) electrons. The molecule has 1 amide bonds. The molecule has 12 heavy (non-hydrogen) atoms. The summed E-state index contributed by atoms with van der Waals surface area (Å²) < 4.78 is 0. The van der Waals surface area contributed by atoms with E-state index in [9.17, 15) is 14.4 Å². The van der Waals surface area contributed by atoms with Crippen molar-refractivity contribution in [2.75, 3.05) is 0 Å². The van der Waals surface area contributed by atoms with Crippen LogP contribution in [0.15, 0.2) is 0 Å². The van der Waals surface area contributed by atoms with Crippen molar-refractivity contribution in [2.45, 2.75) is 18.5 Å². The molecule has 1 fully saturated rings. The Morgan fingerprint density at radius 2 is 2.25 bits per heavy atom. The van der Waals surface area contributed by atoms with Crippen molar-refractivity contribution >= 4 is 17.7 Å². The standard InChI is InChI=1S/C6H8N2O4/c7-2(6(11)12)1-3-4(9)5(10)8-3/h2-3H,1,7H2,(H,8,10)(H,11,12). The fraction of sp³-hybridized carbons (Fsp3) is 0.500. The van der Waals surface area contributed by atoms with Gasteiger partial charge in [0.15, 0.2) is 0 Å². The highest BCUT2D eigenvalue weighted by Crippen LogP contribution is 2.06. The second-order valence-electron chi connectivity index (χ2n) is 2.57. The van der Waals surface area contributed by atoms with E-state index in [0.717, 1.165) is 0 Å². The molecular formula is C6H8N2O4. The molecule has 1 heterocycles. The number of rotatable bonds is 3. The number of hydrogen-bond acceptors (Lipinski definition) is 4. The molecule has 0 spiro atoms. The predicted molar refractivity (Wildman–Crippen MR) is 37.2 cm³/mol. The van der Waals surface area contributed by atoms with Gasteiger partial charge in [-0.15, -0.1) is 0 Å². The Morgan fingerprint density at radius 1 is 1.67 bits per heavy atom. The van der Waals surface area contributed by atoms with E-state index in [1.807, 2.05) is 0 Å². The Hall–Kier alpha value is -1.43. The van der Waals surface area contributed by atoms with Crippen molar-refractivity contribution in [1.82, 2.24) is 5.32 Å². The lowest BCUT2D eigenvalue weighted by Gasteiger charge is -2.25. The van der Waals surface area contributed by atoms with Crippen LogP contribution in [0.5, 0.6) is 0 Å². The maximum absolute atomic E-state index is 10.7. The Balaban J connectivity index is 2.39. The Kier molecular flexibility index (Phi) is 2.09. The van der Waals surface area contributed by atoms with Gasteiger partial charge >= 0.3 is 5.97 Å². The van der Waals surface area contributed by atoms with E-state index < -0.39 is 29.7 Å². The van der Waals surface area contributed by atoms with Crippen LogP contribution in [-0.2, 0) is 14.4 Å². The van der Waals surface area contributed by atoms with Crippen molar-refractivity contribution in [2.24, 2.45) is 5.73 Å². The molecule has 2 unspecified atom stereocenters. The number of nitrogens with two attached hydrogens (primary N) is 1. The summed E-state index contributed by atoms with van der Waals surface area (Å²) in [5, 5.41) is 10.6. The number of carboxylic acid groups (broad SMARTS) is 1. The number of aliphatic carboxylic acids is 1. The summed E-state index contributed by atoms with van der Waals surface area (Å²) in [6.45, 7) is 0. The van der Waals surface area contributed by atoms with Crippen LogP contribution in [0.3, 0.4) is 0 Å². The first-order valence-corrected chi connectivity index (χ1v) is 3.35. The highest BCUT2D eigenvalue weighted by molar-refractivity contribution is 6.44. The van der Waals surface area contributed by atoms with E-state index in [4.69, 9.17) is 10.8 Å². The summed E-state index contributed by atoms with van der Waals surface area (Å²) >= 11 is 0. The molecule has 6 nitrogen and oxygen atoms in total. The maximum Gasteiger partial charge on any atom is 0.320 e. The van der Waals surface area contributed by atoms with Gasteiger partial charge in [-0.1, -0.05) is 0 Å². The van der Waals surface area contributed by atoms with Gasteiger partial charge in [-0.3, -0.25) is 14.4 Å². The first-order chi connectivity index (χ1) is 5.52. The van der Waals surface area contributed by atoms with Crippen molar-refractivity contribution in [3.63, 3.8) is 0 Å². The quantitative estimate of drug-likeness (QED) is 0.332. The molecule has 1 saturated heterocycles. The van der Waals surface area contributed by atoms with Gasteiger partial charge in [0.1, 0.15) is 6.04 Å². The molecular weight excluding hydrogens is 164 g/mol. The number of β-lactam (4-membered cyclic amide) rings is 1. The zero-order chi connectivity index (χ0) is 9.30. The molecule has 1 rings (SSSR count). The van der Waals surface area contributed by atoms with Crippen molar-refractivity contribution in [1.29, 1.82) is 0 Å². The van der Waals surface area contributed by atoms with Crippen LogP contribution in [0.4, 0.5) is 0 Å². The third-order valence-corrected chi connectivity index (χ3v) is 1.65. The molecule has 0 saturated carbocycles. The van der Waals surface area contributed by atoms with E-state index in [-0.39, 0.29) is 6.42 Å². The molecule has 6 heteroatoms. The summed E-state index contributed by atoms with van der Waals surface area (Å²) in [4.78, 5) is 31.2. The van der Waals surface area contributed by atoms with Crippen LogP contribution < -0.4 is 11.1 Å².